The summed E-state index contributed by atoms with van der Waals surface area (Å²) >= 11 is 0. The molecule has 1 amide bonds. The van der Waals surface area contributed by atoms with Crippen LogP contribution in [0.1, 0.15) is 34.1 Å². The first-order chi connectivity index (χ1) is 8.00. The van der Waals surface area contributed by atoms with E-state index in [-0.39, 0.29) is 13.0 Å². The van der Waals surface area contributed by atoms with Crippen LogP contribution in [-0.4, -0.2) is 36.7 Å². The lowest BCUT2D eigenvalue weighted by molar-refractivity contribution is 0.0261. The molecule has 0 bridgehead atoms. The van der Waals surface area contributed by atoms with E-state index in [1.165, 1.54) is 6.92 Å². The molecule has 0 radical (unpaired) electrons. The highest BCUT2D eigenvalue weighted by Gasteiger charge is 2.35. The van der Waals surface area contributed by atoms with E-state index >= 15 is 0 Å². The number of carbonyl (C=O) groups is 1. The monoisotopic (exact) mass is 264 g/mol. The summed E-state index contributed by atoms with van der Waals surface area (Å²) in [6.07, 6.45) is -0.442. The molecule has 0 saturated carbocycles. The lowest BCUT2D eigenvalue weighted by Crippen LogP contribution is -2.44. The van der Waals surface area contributed by atoms with Crippen molar-refractivity contribution in [1.82, 2.24) is 4.90 Å². The number of ether oxygens (including phenoxy) is 1. The van der Waals surface area contributed by atoms with Gasteiger partial charge in [0.1, 0.15) is 5.60 Å². The Bertz CT molecular complexity index is 371. The van der Waals surface area contributed by atoms with Gasteiger partial charge in [-0.05, 0) is 34.1 Å². The van der Waals surface area contributed by atoms with Crippen molar-refractivity contribution >= 4 is 13.1 Å². The number of halogens is 3. The van der Waals surface area contributed by atoms with Crippen LogP contribution in [0.3, 0.4) is 0 Å². The Morgan fingerprint density at radius 1 is 1.33 bits per heavy atom. The van der Waals surface area contributed by atoms with Crippen LogP contribution in [-0.2, 0) is 4.74 Å². The minimum absolute atomic E-state index is 0.246. The summed E-state index contributed by atoms with van der Waals surface area (Å²) in [5, 5.41) is 0. The zero-order valence-electron chi connectivity index (χ0n) is 11.1. The predicted octanol–water partition coefficient (Wildman–Crippen LogP) is 3.33. The standard InChI is InChI=1S/C11H18BF3NO2/c1-8-5-6-16(7-9(8)12(13,14)15)10(17)18-11(2,3)4/h5-7H2,1-4H3/q-1. The van der Waals surface area contributed by atoms with Gasteiger partial charge in [0.15, 0.2) is 0 Å². The Kier molecular flexibility index (Phi) is 4.03. The summed E-state index contributed by atoms with van der Waals surface area (Å²) in [6.45, 7) is 1.36. The fourth-order valence-corrected chi connectivity index (χ4v) is 1.75. The van der Waals surface area contributed by atoms with Crippen LogP contribution in [0.5, 0.6) is 0 Å². The van der Waals surface area contributed by atoms with Gasteiger partial charge >= 0.3 is 13.1 Å². The SMILES string of the molecule is CC1=C([B-](F)(F)F)CN(C(=O)OC(C)(C)C)CC1. The summed E-state index contributed by atoms with van der Waals surface area (Å²) in [7, 11) is 0. The molecule has 0 spiro atoms. The first-order valence-corrected chi connectivity index (χ1v) is 5.87. The lowest BCUT2D eigenvalue weighted by Gasteiger charge is -2.35. The van der Waals surface area contributed by atoms with Crippen LogP contribution < -0.4 is 0 Å². The number of amides is 1. The fraction of sp³-hybridized carbons (Fsp3) is 0.727. The van der Waals surface area contributed by atoms with Crippen molar-refractivity contribution in [3.05, 3.63) is 11.0 Å². The largest absolute Gasteiger partial charge is 0.507 e. The van der Waals surface area contributed by atoms with Gasteiger partial charge in [0, 0.05) is 13.1 Å². The maximum atomic E-state index is 12.8. The molecule has 0 aromatic carbocycles. The van der Waals surface area contributed by atoms with E-state index in [2.05, 4.69) is 0 Å². The molecule has 0 fully saturated rings. The Hall–Kier alpha value is -1.14. The summed E-state index contributed by atoms with van der Waals surface area (Å²) in [6, 6.07) is 0. The quantitative estimate of drug-likeness (QED) is 0.680. The van der Waals surface area contributed by atoms with Crippen molar-refractivity contribution in [2.75, 3.05) is 13.1 Å². The van der Waals surface area contributed by atoms with Gasteiger partial charge in [-0.1, -0.05) is 0 Å². The molecule has 0 aromatic rings. The molecule has 0 atom stereocenters. The predicted molar refractivity (Wildman–Crippen MR) is 64.2 cm³/mol. The molecule has 0 aromatic heterocycles. The molecule has 104 valence electrons. The maximum absolute atomic E-state index is 12.8. The van der Waals surface area contributed by atoms with E-state index in [0.29, 0.717) is 5.57 Å². The van der Waals surface area contributed by atoms with Gasteiger partial charge in [-0.15, -0.1) is 11.0 Å². The molecule has 1 rings (SSSR count). The van der Waals surface area contributed by atoms with Gasteiger partial charge in [0.2, 0.25) is 0 Å². The van der Waals surface area contributed by atoms with Crippen molar-refractivity contribution in [2.24, 2.45) is 0 Å². The summed E-state index contributed by atoms with van der Waals surface area (Å²) < 4.78 is 43.5. The first kappa shape index (κ1) is 14.9. The van der Waals surface area contributed by atoms with Gasteiger partial charge in [0.05, 0.1) is 0 Å². The number of rotatable bonds is 1. The second kappa shape index (κ2) is 4.86. The van der Waals surface area contributed by atoms with Crippen molar-refractivity contribution < 1.29 is 22.5 Å². The highest BCUT2D eigenvalue weighted by Crippen LogP contribution is 2.29. The number of hydrogen-bond donors (Lipinski definition) is 0. The Morgan fingerprint density at radius 3 is 2.33 bits per heavy atom. The third-order valence-corrected chi connectivity index (χ3v) is 2.71. The average Bonchev–Trinajstić information content (AvgIpc) is 2.13. The van der Waals surface area contributed by atoms with Crippen molar-refractivity contribution in [2.45, 2.75) is 39.7 Å². The molecule has 1 aliphatic heterocycles. The van der Waals surface area contributed by atoms with Gasteiger partial charge in [-0.25, -0.2) is 4.79 Å². The minimum atomic E-state index is -5.04. The normalized spacial score (nSPS) is 18.1. The molecule has 1 aliphatic rings. The number of hydrogen-bond acceptors (Lipinski definition) is 2. The highest BCUT2D eigenvalue weighted by molar-refractivity contribution is 6.67. The molecular weight excluding hydrogens is 246 g/mol. The highest BCUT2D eigenvalue weighted by atomic mass is 19.4. The lowest BCUT2D eigenvalue weighted by atomic mass is 9.74. The molecule has 3 nitrogen and oxygen atoms in total. The average molecular weight is 264 g/mol. The summed E-state index contributed by atoms with van der Waals surface area (Å²) in [5.41, 5.74) is -0.953. The Labute approximate surface area is 105 Å². The van der Waals surface area contributed by atoms with Crippen molar-refractivity contribution in [3.63, 3.8) is 0 Å². The summed E-state index contributed by atoms with van der Waals surface area (Å²) in [5.74, 6) is 0. The van der Waals surface area contributed by atoms with E-state index in [1.807, 2.05) is 0 Å². The first-order valence-electron chi connectivity index (χ1n) is 5.87. The van der Waals surface area contributed by atoms with Gasteiger partial charge < -0.3 is 22.6 Å². The molecule has 1 heterocycles. The molecule has 0 unspecified atom stereocenters. The second-order valence-corrected chi connectivity index (χ2v) is 5.53. The van der Waals surface area contributed by atoms with Gasteiger partial charge in [-0.3, -0.25) is 0 Å². The zero-order valence-corrected chi connectivity index (χ0v) is 11.1. The van der Waals surface area contributed by atoms with Crippen LogP contribution in [0.25, 0.3) is 0 Å². The van der Waals surface area contributed by atoms with Crippen LogP contribution in [0.2, 0.25) is 0 Å². The van der Waals surface area contributed by atoms with Gasteiger partial charge in [0.25, 0.3) is 0 Å². The van der Waals surface area contributed by atoms with E-state index < -0.39 is 30.7 Å². The van der Waals surface area contributed by atoms with Crippen molar-refractivity contribution in [1.29, 1.82) is 0 Å². The molecule has 0 aliphatic carbocycles. The number of carbonyl (C=O) groups excluding carboxylic acids is 1. The molecule has 18 heavy (non-hydrogen) atoms. The van der Waals surface area contributed by atoms with Gasteiger partial charge in [-0.2, -0.15) is 0 Å². The molecule has 7 heteroatoms. The Morgan fingerprint density at radius 2 is 1.89 bits per heavy atom. The minimum Gasteiger partial charge on any atom is -0.445 e. The van der Waals surface area contributed by atoms with E-state index in [4.69, 9.17) is 4.74 Å². The second-order valence-electron chi connectivity index (χ2n) is 5.53. The smallest absolute Gasteiger partial charge is 0.445 e. The third-order valence-electron chi connectivity index (χ3n) is 2.71. The van der Waals surface area contributed by atoms with E-state index in [1.54, 1.807) is 20.8 Å². The molecule has 0 N–H and O–H groups in total. The number of nitrogens with zero attached hydrogens (tertiary/aromatic N) is 1. The van der Waals surface area contributed by atoms with Crippen LogP contribution in [0.15, 0.2) is 11.0 Å². The fourth-order valence-electron chi connectivity index (χ4n) is 1.75. The van der Waals surface area contributed by atoms with E-state index in [9.17, 15) is 17.7 Å². The summed E-state index contributed by atoms with van der Waals surface area (Å²) in [4.78, 5) is 12.8. The van der Waals surface area contributed by atoms with E-state index in [0.717, 1.165) is 4.90 Å². The Balaban J connectivity index is 2.78. The van der Waals surface area contributed by atoms with Crippen LogP contribution in [0.4, 0.5) is 17.7 Å². The van der Waals surface area contributed by atoms with Crippen LogP contribution >= 0.6 is 0 Å². The maximum Gasteiger partial charge on any atom is 0.507 e. The molecular formula is C11H18BF3NO2-. The topological polar surface area (TPSA) is 29.5 Å². The molecule has 0 saturated heterocycles. The zero-order chi connectivity index (χ0) is 14.1. The van der Waals surface area contributed by atoms with Crippen LogP contribution in [0, 0.1) is 0 Å². The third kappa shape index (κ3) is 3.96. The van der Waals surface area contributed by atoms with Crippen molar-refractivity contribution in [3.8, 4) is 0 Å².